The van der Waals surface area contributed by atoms with E-state index in [4.69, 9.17) is 0 Å². The van der Waals surface area contributed by atoms with Crippen molar-refractivity contribution in [3.63, 3.8) is 0 Å². The molecule has 4 rings (SSSR count). The summed E-state index contributed by atoms with van der Waals surface area (Å²) >= 11 is 0. The number of anilines is 1. The van der Waals surface area contributed by atoms with Crippen molar-refractivity contribution in [1.82, 2.24) is 9.88 Å². The Hall–Kier alpha value is -2.63. The number of benzene rings is 1. The lowest BCUT2D eigenvalue weighted by Crippen LogP contribution is -2.38. The Morgan fingerprint density at radius 3 is 2.46 bits per heavy atom. The average molecular weight is 382 g/mol. The van der Waals surface area contributed by atoms with Crippen LogP contribution in [0, 0.1) is 12.7 Å². The summed E-state index contributed by atoms with van der Waals surface area (Å²) in [5, 5.41) is 9.50. The van der Waals surface area contributed by atoms with E-state index in [1.807, 2.05) is 6.20 Å². The number of halogens is 1. The minimum atomic E-state index is -0.812. The molecule has 2 saturated heterocycles. The van der Waals surface area contributed by atoms with Crippen molar-refractivity contribution in [3.05, 3.63) is 60.0 Å². The quantitative estimate of drug-likeness (QED) is 0.879. The van der Waals surface area contributed by atoms with Crippen molar-refractivity contribution >= 4 is 11.6 Å². The standard InChI is InChI=1S/C22H25FN3O2/c1-15-12-17(13-19(23)21(15)27)22(28)26-10-6-16(7-11-26)20-5-4-18(14-24-20)25-8-2-3-9-25/h4-5,12-14,16,27H,1-3,6-11H2. The number of carbonyl (C=O) groups excluding carboxylic acids is 1. The maximum atomic E-state index is 13.7. The third-order valence-electron chi connectivity index (χ3n) is 5.83. The van der Waals surface area contributed by atoms with Crippen molar-refractivity contribution in [2.75, 3.05) is 31.1 Å². The van der Waals surface area contributed by atoms with Gasteiger partial charge in [0.1, 0.15) is 0 Å². The molecule has 1 aromatic heterocycles. The smallest absolute Gasteiger partial charge is 0.253 e. The largest absolute Gasteiger partial charge is 0.505 e. The first kappa shape index (κ1) is 18.7. The van der Waals surface area contributed by atoms with Crippen LogP contribution in [0.25, 0.3) is 0 Å². The van der Waals surface area contributed by atoms with Crippen molar-refractivity contribution < 1.29 is 14.3 Å². The van der Waals surface area contributed by atoms with E-state index in [0.29, 0.717) is 19.0 Å². The molecule has 1 radical (unpaired) electrons. The maximum absolute atomic E-state index is 13.7. The normalized spacial score (nSPS) is 17.9. The second-order valence-corrected chi connectivity index (χ2v) is 7.67. The van der Waals surface area contributed by atoms with Gasteiger partial charge in [-0.2, -0.15) is 0 Å². The van der Waals surface area contributed by atoms with E-state index >= 15 is 0 Å². The SMILES string of the molecule is [CH2]c1cc(C(=O)N2CCC(c3ccc(N4CCCC4)cn3)CC2)cc(F)c1O. The van der Waals surface area contributed by atoms with E-state index in [0.717, 1.165) is 37.7 Å². The summed E-state index contributed by atoms with van der Waals surface area (Å²) in [6.07, 6.45) is 6.12. The first-order valence-corrected chi connectivity index (χ1v) is 9.87. The number of rotatable bonds is 3. The number of aromatic nitrogens is 1. The van der Waals surface area contributed by atoms with Crippen LogP contribution in [0.4, 0.5) is 10.1 Å². The number of phenols is 1. The zero-order valence-corrected chi connectivity index (χ0v) is 15.9. The first-order valence-electron chi connectivity index (χ1n) is 9.87. The second-order valence-electron chi connectivity index (χ2n) is 7.67. The van der Waals surface area contributed by atoms with Crippen LogP contribution < -0.4 is 4.90 Å². The summed E-state index contributed by atoms with van der Waals surface area (Å²) in [5.41, 5.74) is 2.62. The summed E-state index contributed by atoms with van der Waals surface area (Å²) < 4.78 is 13.7. The molecule has 28 heavy (non-hydrogen) atoms. The number of hydrogen-bond acceptors (Lipinski definition) is 4. The number of likely N-dealkylation sites (tertiary alicyclic amines) is 1. The number of phenolic OH excluding ortho intramolecular Hbond substituents is 1. The highest BCUT2D eigenvalue weighted by Gasteiger charge is 2.26. The van der Waals surface area contributed by atoms with Crippen molar-refractivity contribution in [2.45, 2.75) is 31.6 Å². The molecule has 2 aliphatic heterocycles. The molecule has 6 heteroatoms. The summed E-state index contributed by atoms with van der Waals surface area (Å²) in [5.74, 6) is -1.21. The number of aromatic hydroxyl groups is 1. The molecule has 2 fully saturated rings. The van der Waals surface area contributed by atoms with Crippen LogP contribution in [0.3, 0.4) is 0 Å². The lowest BCUT2D eigenvalue weighted by Gasteiger charge is -2.32. The Morgan fingerprint density at radius 2 is 1.86 bits per heavy atom. The first-order chi connectivity index (χ1) is 13.5. The van der Waals surface area contributed by atoms with Gasteiger partial charge in [0.15, 0.2) is 11.6 Å². The molecule has 0 bridgehead atoms. The van der Waals surface area contributed by atoms with Crippen LogP contribution >= 0.6 is 0 Å². The zero-order valence-electron chi connectivity index (χ0n) is 15.9. The third-order valence-corrected chi connectivity index (χ3v) is 5.83. The number of nitrogens with zero attached hydrogens (tertiary/aromatic N) is 3. The molecule has 1 N–H and O–H groups in total. The Balaban J connectivity index is 1.38. The summed E-state index contributed by atoms with van der Waals surface area (Å²) in [7, 11) is 0. The Morgan fingerprint density at radius 1 is 1.14 bits per heavy atom. The molecule has 1 aromatic carbocycles. The minimum absolute atomic E-state index is 0.125. The number of amides is 1. The van der Waals surface area contributed by atoms with Crippen molar-refractivity contribution in [1.29, 1.82) is 0 Å². The highest BCUT2D eigenvalue weighted by Crippen LogP contribution is 2.30. The average Bonchev–Trinajstić information content (AvgIpc) is 3.26. The predicted molar refractivity (Wildman–Crippen MR) is 106 cm³/mol. The maximum Gasteiger partial charge on any atom is 0.253 e. The Kier molecular flexibility index (Phi) is 5.20. The molecule has 0 saturated carbocycles. The van der Waals surface area contributed by atoms with Gasteiger partial charge in [0.05, 0.1) is 11.9 Å². The Labute approximate surface area is 164 Å². The molecule has 3 heterocycles. The molecule has 1 amide bonds. The molecular weight excluding hydrogens is 357 g/mol. The van der Waals surface area contributed by atoms with Gasteiger partial charge in [-0.25, -0.2) is 4.39 Å². The van der Waals surface area contributed by atoms with Gasteiger partial charge in [-0.05, 0) is 62.4 Å². The van der Waals surface area contributed by atoms with Gasteiger partial charge in [-0.1, -0.05) is 0 Å². The third kappa shape index (κ3) is 3.68. The topological polar surface area (TPSA) is 56.7 Å². The van der Waals surface area contributed by atoms with Crippen LogP contribution in [-0.4, -0.2) is 47.1 Å². The van der Waals surface area contributed by atoms with Crippen LogP contribution in [0.1, 0.15) is 53.2 Å². The monoisotopic (exact) mass is 382 g/mol. The molecule has 2 aromatic rings. The molecule has 2 aliphatic rings. The highest BCUT2D eigenvalue weighted by atomic mass is 19.1. The van der Waals surface area contributed by atoms with Crippen LogP contribution in [-0.2, 0) is 0 Å². The molecule has 0 spiro atoms. The van der Waals surface area contributed by atoms with E-state index in [-0.39, 0.29) is 17.0 Å². The van der Waals surface area contributed by atoms with E-state index < -0.39 is 11.6 Å². The van der Waals surface area contributed by atoms with Crippen LogP contribution in [0.5, 0.6) is 5.75 Å². The van der Waals surface area contributed by atoms with Crippen molar-refractivity contribution in [2.24, 2.45) is 0 Å². The second kappa shape index (κ2) is 7.78. The number of pyridine rings is 1. The van der Waals surface area contributed by atoms with Gasteiger partial charge in [-0.3, -0.25) is 9.78 Å². The number of piperidine rings is 1. The van der Waals surface area contributed by atoms with E-state index in [1.54, 1.807) is 4.90 Å². The van der Waals surface area contributed by atoms with Gasteiger partial charge >= 0.3 is 0 Å². The molecule has 5 nitrogen and oxygen atoms in total. The van der Waals surface area contributed by atoms with Crippen LogP contribution in [0.2, 0.25) is 0 Å². The molecule has 0 unspecified atom stereocenters. The number of hydrogen-bond donors (Lipinski definition) is 1. The fourth-order valence-corrected chi connectivity index (χ4v) is 4.14. The molecule has 0 aliphatic carbocycles. The minimum Gasteiger partial charge on any atom is -0.505 e. The van der Waals surface area contributed by atoms with Gasteiger partial charge in [0.25, 0.3) is 5.91 Å². The van der Waals surface area contributed by atoms with E-state index in [9.17, 15) is 14.3 Å². The zero-order chi connectivity index (χ0) is 19.7. The van der Waals surface area contributed by atoms with Crippen LogP contribution in [0.15, 0.2) is 30.5 Å². The fraction of sp³-hybridized carbons (Fsp3) is 0.409. The summed E-state index contributed by atoms with van der Waals surface area (Å²) in [4.78, 5) is 21.5. The lowest BCUT2D eigenvalue weighted by molar-refractivity contribution is 0.0711. The van der Waals surface area contributed by atoms with Gasteiger partial charge in [-0.15, -0.1) is 0 Å². The highest BCUT2D eigenvalue weighted by molar-refractivity contribution is 5.94. The van der Waals surface area contributed by atoms with E-state index in [1.165, 1.54) is 24.6 Å². The molecule has 0 atom stereocenters. The lowest BCUT2D eigenvalue weighted by atomic mass is 9.92. The fourth-order valence-electron chi connectivity index (χ4n) is 4.14. The number of carbonyl (C=O) groups is 1. The summed E-state index contributed by atoms with van der Waals surface area (Å²) in [6.45, 7) is 7.01. The van der Waals surface area contributed by atoms with Crippen molar-refractivity contribution in [3.8, 4) is 5.75 Å². The molecule has 147 valence electrons. The van der Waals surface area contributed by atoms with Gasteiger partial charge in [0, 0.05) is 43.4 Å². The van der Waals surface area contributed by atoms with E-state index in [2.05, 4.69) is 28.9 Å². The molecular formula is C22H25FN3O2. The summed E-state index contributed by atoms with van der Waals surface area (Å²) in [6, 6.07) is 6.78. The Bertz CT molecular complexity index is 832. The predicted octanol–water partition coefficient (Wildman–Crippen LogP) is 3.73. The van der Waals surface area contributed by atoms with Gasteiger partial charge in [0.2, 0.25) is 0 Å². The van der Waals surface area contributed by atoms with Gasteiger partial charge < -0.3 is 14.9 Å².